The van der Waals surface area contributed by atoms with Crippen molar-refractivity contribution in [1.29, 1.82) is 5.26 Å². The van der Waals surface area contributed by atoms with Gasteiger partial charge in [0.15, 0.2) is 0 Å². The Bertz CT molecular complexity index is 1210. The van der Waals surface area contributed by atoms with Gasteiger partial charge in [-0.25, -0.2) is 8.42 Å². The molecule has 0 bridgehead atoms. The highest BCUT2D eigenvalue weighted by atomic mass is 32.2. The van der Waals surface area contributed by atoms with Crippen LogP contribution in [0.3, 0.4) is 0 Å². The summed E-state index contributed by atoms with van der Waals surface area (Å²) in [6.07, 6.45) is 0.293. The summed E-state index contributed by atoms with van der Waals surface area (Å²) < 4.78 is 28.1. The monoisotopic (exact) mass is 419 g/mol. The maximum Gasteiger partial charge on any atom is 0.261 e. The van der Waals surface area contributed by atoms with E-state index in [1.807, 2.05) is 19.1 Å². The highest BCUT2D eigenvalue weighted by molar-refractivity contribution is 7.92. The number of carbonyl (C=O) groups is 1. The van der Waals surface area contributed by atoms with Gasteiger partial charge in [-0.3, -0.25) is 9.52 Å². The maximum atomic E-state index is 12.8. The second-order valence-corrected chi connectivity index (χ2v) is 8.62. The lowest BCUT2D eigenvalue weighted by Crippen LogP contribution is -2.17. The van der Waals surface area contributed by atoms with Gasteiger partial charge in [-0.15, -0.1) is 0 Å². The van der Waals surface area contributed by atoms with Gasteiger partial charge in [0.05, 0.1) is 17.4 Å². The maximum absolute atomic E-state index is 12.8. The third-order valence-corrected chi connectivity index (χ3v) is 5.94. The van der Waals surface area contributed by atoms with Crippen molar-refractivity contribution in [3.63, 3.8) is 0 Å². The van der Waals surface area contributed by atoms with Gasteiger partial charge in [-0.05, 0) is 61.4 Å². The third kappa shape index (κ3) is 5.04. The van der Waals surface area contributed by atoms with Crippen LogP contribution in [0.2, 0.25) is 0 Å². The van der Waals surface area contributed by atoms with Gasteiger partial charge in [0, 0.05) is 16.9 Å². The molecule has 1 amide bonds. The standard InChI is InChI=1S/C23H21N3O3S/c1-16-3-8-20(9-4-16)26-30(28,29)21-12-5-17(2)22(15-21)23(27)25-19-10-6-18(7-11-19)13-14-24/h3-12,15,26H,13H2,1-2H3,(H,25,27). The number of hydrogen-bond acceptors (Lipinski definition) is 4. The fourth-order valence-electron chi connectivity index (χ4n) is 2.84. The number of rotatable bonds is 6. The third-order valence-electron chi connectivity index (χ3n) is 4.56. The van der Waals surface area contributed by atoms with Crippen LogP contribution in [0.25, 0.3) is 0 Å². The number of hydrogen-bond donors (Lipinski definition) is 2. The largest absolute Gasteiger partial charge is 0.322 e. The highest BCUT2D eigenvalue weighted by Crippen LogP contribution is 2.21. The van der Waals surface area contributed by atoms with Crippen LogP contribution in [0.1, 0.15) is 27.0 Å². The SMILES string of the molecule is Cc1ccc(NS(=O)(=O)c2ccc(C)c(C(=O)Nc3ccc(CC#N)cc3)c2)cc1. The number of benzene rings is 3. The summed E-state index contributed by atoms with van der Waals surface area (Å²) in [5.74, 6) is -0.409. The summed E-state index contributed by atoms with van der Waals surface area (Å²) in [5.41, 5.74) is 3.80. The number of nitrogens with zero attached hydrogens (tertiary/aromatic N) is 1. The second-order valence-electron chi connectivity index (χ2n) is 6.93. The Morgan fingerprint density at radius 2 is 1.57 bits per heavy atom. The number of carbonyl (C=O) groups excluding carboxylic acids is 1. The minimum atomic E-state index is -3.84. The summed E-state index contributed by atoms with van der Waals surface area (Å²) in [6, 6.07) is 20.4. The van der Waals surface area contributed by atoms with Crippen LogP contribution < -0.4 is 10.0 Å². The molecule has 0 aliphatic rings. The van der Waals surface area contributed by atoms with E-state index in [0.717, 1.165) is 11.1 Å². The van der Waals surface area contributed by atoms with E-state index in [9.17, 15) is 13.2 Å². The molecule has 0 saturated carbocycles. The lowest BCUT2D eigenvalue weighted by Gasteiger charge is -2.12. The molecular weight excluding hydrogens is 398 g/mol. The van der Waals surface area contributed by atoms with Crippen LogP contribution in [0.4, 0.5) is 11.4 Å². The molecule has 0 aliphatic heterocycles. The van der Waals surface area contributed by atoms with Crippen molar-refractivity contribution in [3.8, 4) is 6.07 Å². The molecule has 6 nitrogen and oxygen atoms in total. The Kier molecular flexibility index (Phi) is 6.19. The second kappa shape index (κ2) is 8.80. The topological polar surface area (TPSA) is 99.1 Å². The lowest BCUT2D eigenvalue weighted by atomic mass is 10.1. The van der Waals surface area contributed by atoms with E-state index in [4.69, 9.17) is 5.26 Å². The molecule has 30 heavy (non-hydrogen) atoms. The first-order valence-corrected chi connectivity index (χ1v) is 10.7. The number of nitrogens with one attached hydrogen (secondary N) is 2. The fraction of sp³-hybridized carbons (Fsp3) is 0.130. The first-order chi connectivity index (χ1) is 14.3. The molecule has 0 heterocycles. The van der Waals surface area contributed by atoms with E-state index in [1.165, 1.54) is 12.1 Å². The molecule has 0 saturated heterocycles. The molecule has 7 heteroatoms. The Morgan fingerprint density at radius 1 is 0.933 bits per heavy atom. The molecule has 0 radical (unpaired) electrons. The molecule has 2 N–H and O–H groups in total. The molecule has 0 atom stereocenters. The predicted octanol–water partition coefficient (Wildman–Crippen LogP) is 4.42. The summed E-state index contributed by atoms with van der Waals surface area (Å²) in [7, 11) is -3.84. The Balaban J connectivity index is 1.82. The van der Waals surface area contributed by atoms with E-state index in [2.05, 4.69) is 16.1 Å². The number of anilines is 2. The molecule has 0 spiro atoms. The van der Waals surface area contributed by atoms with Crippen LogP contribution >= 0.6 is 0 Å². The molecule has 3 aromatic carbocycles. The summed E-state index contributed by atoms with van der Waals surface area (Å²) in [5, 5.41) is 11.5. The zero-order valence-corrected chi connectivity index (χ0v) is 17.5. The zero-order chi connectivity index (χ0) is 21.7. The normalized spacial score (nSPS) is 10.8. The molecule has 0 unspecified atom stereocenters. The van der Waals surface area contributed by atoms with Crippen molar-refractivity contribution in [1.82, 2.24) is 0 Å². The molecule has 152 valence electrons. The smallest absolute Gasteiger partial charge is 0.261 e. The van der Waals surface area contributed by atoms with Crippen molar-refractivity contribution >= 4 is 27.3 Å². The number of amides is 1. The van der Waals surface area contributed by atoms with E-state index in [0.29, 0.717) is 23.4 Å². The van der Waals surface area contributed by atoms with Gasteiger partial charge in [0.25, 0.3) is 15.9 Å². The van der Waals surface area contributed by atoms with Crippen LogP contribution in [0.15, 0.2) is 71.6 Å². The average molecular weight is 420 g/mol. The molecule has 0 aliphatic carbocycles. The van der Waals surface area contributed by atoms with Gasteiger partial charge in [0.2, 0.25) is 0 Å². The van der Waals surface area contributed by atoms with Crippen molar-refractivity contribution in [3.05, 3.63) is 89.0 Å². The van der Waals surface area contributed by atoms with Crippen molar-refractivity contribution in [2.45, 2.75) is 25.2 Å². The summed E-state index contributed by atoms with van der Waals surface area (Å²) in [4.78, 5) is 12.7. The van der Waals surface area contributed by atoms with Gasteiger partial charge in [0.1, 0.15) is 0 Å². The Morgan fingerprint density at radius 3 is 2.20 bits per heavy atom. The van der Waals surface area contributed by atoms with Crippen LogP contribution in [0, 0.1) is 25.2 Å². The molecule has 3 aromatic rings. The van der Waals surface area contributed by atoms with Crippen LogP contribution in [-0.2, 0) is 16.4 Å². The lowest BCUT2D eigenvalue weighted by molar-refractivity contribution is 0.102. The van der Waals surface area contributed by atoms with Crippen LogP contribution in [0.5, 0.6) is 0 Å². The van der Waals surface area contributed by atoms with E-state index in [-0.39, 0.29) is 10.5 Å². The minimum absolute atomic E-state index is 0.00296. The molecule has 0 aromatic heterocycles. The Labute approximate surface area is 176 Å². The first-order valence-electron chi connectivity index (χ1n) is 9.26. The van der Waals surface area contributed by atoms with E-state index >= 15 is 0 Å². The zero-order valence-electron chi connectivity index (χ0n) is 16.6. The van der Waals surface area contributed by atoms with Crippen molar-refractivity contribution in [2.75, 3.05) is 10.0 Å². The first kappa shape index (κ1) is 21.1. The van der Waals surface area contributed by atoms with Crippen molar-refractivity contribution < 1.29 is 13.2 Å². The number of nitriles is 1. The average Bonchev–Trinajstić information content (AvgIpc) is 2.71. The summed E-state index contributed by atoms with van der Waals surface area (Å²) in [6.45, 7) is 3.66. The summed E-state index contributed by atoms with van der Waals surface area (Å²) >= 11 is 0. The highest BCUT2D eigenvalue weighted by Gasteiger charge is 2.18. The molecule has 0 fully saturated rings. The molecule has 3 rings (SSSR count). The van der Waals surface area contributed by atoms with Gasteiger partial charge in [-0.2, -0.15) is 5.26 Å². The van der Waals surface area contributed by atoms with Crippen molar-refractivity contribution in [2.24, 2.45) is 0 Å². The predicted molar refractivity (Wildman–Crippen MR) is 117 cm³/mol. The van der Waals surface area contributed by atoms with E-state index in [1.54, 1.807) is 49.4 Å². The number of sulfonamides is 1. The van der Waals surface area contributed by atoms with Gasteiger partial charge >= 0.3 is 0 Å². The number of aryl methyl sites for hydroxylation is 2. The minimum Gasteiger partial charge on any atom is -0.322 e. The quantitative estimate of drug-likeness (QED) is 0.618. The van der Waals surface area contributed by atoms with Gasteiger partial charge in [-0.1, -0.05) is 35.9 Å². The fourth-order valence-corrected chi connectivity index (χ4v) is 3.93. The molecular formula is C23H21N3O3S. The van der Waals surface area contributed by atoms with E-state index < -0.39 is 15.9 Å². The van der Waals surface area contributed by atoms with Gasteiger partial charge < -0.3 is 5.32 Å². The Hall–Kier alpha value is -3.63. The van der Waals surface area contributed by atoms with Crippen LogP contribution in [-0.4, -0.2) is 14.3 Å².